The van der Waals surface area contributed by atoms with Gasteiger partial charge in [-0.15, -0.1) is 0 Å². The molecule has 0 heterocycles. The van der Waals surface area contributed by atoms with Crippen molar-refractivity contribution in [1.29, 1.82) is 0 Å². The summed E-state index contributed by atoms with van der Waals surface area (Å²) in [7, 11) is 0. The molecule has 0 N–H and O–H groups in total. The highest BCUT2D eigenvalue weighted by molar-refractivity contribution is 5.82. The van der Waals surface area contributed by atoms with E-state index in [-0.39, 0.29) is 14.9 Å². The summed E-state index contributed by atoms with van der Waals surface area (Å²) < 4.78 is 0. The third kappa shape index (κ3) is 73.4. The summed E-state index contributed by atoms with van der Waals surface area (Å²) in [5.74, 6) is 0. The van der Waals surface area contributed by atoms with Crippen molar-refractivity contribution in [1.82, 2.24) is 0 Å². The number of allylic oxidation sites excluding steroid dienone is 9. The van der Waals surface area contributed by atoms with Crippen molar-refractivity contribution in [2.45, 2.75) is 241 Å². The second-order valence-electron chi connectivity index (χ2n) is 14.4. The first-order valence-electron chi connectivity index (χ1n) is 35.3. The molecular formula is C91H150. The van der Waals surface area contributed by atoms with Crippen LogP contribution in [0.15, 0.2) is 279 Å². The first kappa shape index (κ1) is 111. The molecule has 0 amide bonds. The van der Waals surface area contributed by atoms with E-state index in [0.717, 1.165) is 25.7 Å². The Morgan fingerprint density at radius 2 is 0.473 bits per heavy atom. The Balaban J connectivity index is -0.0000000757. The third-order valence-electron chi connectivity index (χ3n) is 9.58. The second-order valence-corrected chi connectivity index (χ2v) is 14.4. The second kappa shape index (κ2) is 110. The molecule has 0 spiro atoms. The van der Waals surface area contributed by atoms with Crippen LogP contribution in [0.3, 0.4) is 0 Å². The quantitative estimate of drug-likeness (QED) is 0.165. The van der Waals surface area contributed by atoms with Crippen LogP contribution in [0.25, 0.3) is 28.0 Å². The van der Waals surface area contributed by atoms with E-state index in [4.69, 9.17) is 0 Å². The van der Waals surface area contributed by atoms with Crippen LogP contribution in [0.1, 0.15) is 249 Å². The third-order valence-corrected chi connectivity index (χ3v) is 9.58. The molecule has 0 atom stereocenters. The van der Waals surface area contributed by atoms with Gasteiger partial charge in [0.1, 0.15) is 0 Å². The minimum Gasteiger partial charge on any atom is -0.0808 e. The largest absolute Gasteiger partial charge is 0.0808 e. The molecule has 0 heteroatoms. The number of benzene rings is 8. The van der Waals surface area contributed by atoms with Crippen LogP contribution < -0.4 is 0 Å². The maximum atomic E-state index is 2.20. The molecule has 0 fully saturated rings. The summed E-state index contributed by atoms with van der Waals surface area (Å²) in [5, 5.41) is 2.62. The van der Waals surface area contributed by atoms with Crippen molar-refractivity contribution in [2.24, 2.45) is 0 Å². The summed E-state index contributed by atoms with van der Waals surface area (Å²) in [6.07, 6.45) is 25.5. The zero-order chi connectivity index (χ0) is 70.3. The molecule has 8 aromatic rings. The maximum absolute atomic E-state index is 2.20. The zero-order valence-corrected chi connectivity index (χ0v) is 63.5. The molecule has 3 aliphatic rings. The van der Waals surface area contributed by atoms with Gasteiger partial charge in [-0.3, -0.25) is 0 Å². The standard InChI is InChI=1S/C13H12.C12H10.C10H8.C9H8.C7H8.2C5H6.14C2H6.2CH4/c1-3-7-12(8-4-1)11-13-9-5-2-6-10-13;1-3-7-11(8-4-1)12-9-5-2-6-10-12;1-2-6-10-8-4-3-7-9(10)5-1;1-2-5-9-7-3-6-8(9)4-1;1-7-5-3-2-4-6-7;2*1-2-4-5-3-1;14*1-2;;/h1-10H,11H2;1-10H;1-8H;1-6H,7H2;2-6H,1H3;2*1-4H,5H2;14*1-2H3;2*1H4. The molecule has 0 saturated carbocycles. The lowest BCUT2D eigenvalue weighted by Crippen LogP contribution is -1.85. The van der Waals surface area contributed by atoms with E-state index in [1.807, 2.05) is 224 Å². The zero-order valence-electron chi connectivity index (χ0n) is 63.5. The Kier molecular flexibility index (Phi) is 135. The fourth-order valence-corrected chi connectivity index (χ4v) is 6.34. The highest BCUT2D eigenvalue weighted by atomic mass is 14.1. The van der Waals surface area contributed by atoms with Crippen molar-refractivity contribution in [3.05, 3.63) is 307 Å². The SMILES string of the molecule is C.C.C1=CCC=C1.C1=CCC=C1.C1=Cc2ccccc2C1.CC.CC.CC.CC.CC.CC.CC.CC.CC.CC.CC.CC.CC.CC.Cc1ccccc1.c1ccc(-c2ccccc2)cc1.c1ccc(Cc2ccccc2)cc1.c1ccc2ccccc2c1. The Hall–Kier alpha value is -7.28. The lowest BCUT2D eigenvalue weighted by Gasteiger charge is -2.00. The van der Waals surface area contributed by atoms with E-state index in [9.17, 15) is 0 Å². The fourth-order valence-electron chi connectivity index (χ4n) is 6.34. The minimum absolute atomic E-state index is 0. The number of hydrogen-bond donors (Lipinski definition) is 0. The van der Waals surface area contributed by atoms with Gasteiger partial charge in [0, 0.05) is 0 Å². The number of rotatable bonds is 3. The molecular weight excluding hydrogens is 1090 g/mol. The Labute approximate surface area is 573 Å². The molecule has 0 aliphatic heterocycles. The summed E-state index contributed by atoms with van der Waals surface area (Å²) in [5.41, 5.74) is 9.45. The van der Waals surface area contributed by atoms with Crippen molar-refractivity contribution < 1.29 is 0 Å². The molecule has 91 heavy (non-hydrogen) atoms. The molecule has 0 bridgehead atoms. The molecule has 0 nitrogen and oxygen atoms in total. The van der Waals surface area contributed by atoms with Crippen LogP contribution in [-0.2, 0) is 12.8 Å². The van der Waals surface area contributed by atoms with Gasteiger partial charge in [0.2, 0.25) is 0 Å². The van der Waals surface area contributed by atoms with Gasteiger partial charge in [0.15, 0.2) is 0 Å². The maximum Gasteiger partial charge on any atom is -0.00258 e. The van der Waals surface area contributed by atoms with E-state index in [1.165, 1.54) is 49.7 Å². The lowest BCUT2D eigenvalue weighted by molar-refractivity contribution is 1.19. The van der Waals surface area contributed by atoms with Crippen molar-refractivity contribution in [3.8, 4) is 11.1 Å². The Morgan fingerprint density at radius 1 is 0.242 bits per heavy atom. The number of hydrogen-bond acceptors (Lipinski definition) is 0. The monoisotopic (exact) mass is 1240 g/mol. The highest BCUT2D eigenvalue weighted by Crippen LogP contribution is 2.18. The predicted octanol–water partition coefficient (Wildman–Crippen LogP) is 32.4. The van der Waals surface area contributed by atoms with Crippen LogP contribution in [0.2, 0.25) is 0 Å². The highest BCUT2D eigenvalue weighted by Gasteiger charge is 2.00. The van der Waals surface area contributed by atoms with Crippen LogP contribution in [0.5, 0.6) is 0 Å². The summed E-state index contributed by atoms with van der Waals surface area (Å²) in [6, 6.07) is 77.3. The topological polar surface area (TPSA) is 0 Å². The van der Waals surface area contributed by atoms with Crippen LogP contribution in [0, 0.1) is 6.92 Å². The smallest absolute Gasteiger partial charge is 0.00258 e. The fraction of sp³-hybridized carbons (Fsp3) is 0.385. The van der Waals surface area contributed by atoms with Crippen molar-refractivity contribution >= 4 is 16.8 Å². The van der Waals surface area contributed by atoms with Crippen LogP contribution >= 0.6 is 0 Å². The van der Waals surface area contributed by atoms with Gasteiger partial charge in [0.05, 0.1) is 0 Å². The molecule has 514 valence electrons. The molecule has 0 aromatic heterocycles. The average molecular weight is 1240 g/mol. The first-order chi connectivity index (χ1) is 44.2. The van der Waals surface area contributed by atoms with E-state index in [0.29, 0.717) is 0 Å². The van der Waals surface area contributed by atoms with Gasteiger partial charge in [-0.05, 0) is 76.8 Å². The van der Waals surface area contributed by atoms with Crippen LogP contribution in [-0.4, -0.2) is 0 Å². The van der Waals surface area contributed by atoms with E-state index in [2.05, 4.69) is 262 Å². The molecule has 0 radical (unpaired) electrons. The normalized spacial score (nSPS) is 8.67. The van der Waals surface area contributed by atoms with Gasteiger partial charge in [0.25, 0.3) is 0 Å². The minimum atomic E-state index is 0. The van der Waals surface area contributed by atoms with Crippen LogP contribution in [0.4, 0.5) is 0 Å². The van der Waals surface area contributed by atoms with Crippen molar-refractivity contribution in [3.63, 3.8) is 0 Å². The summed E-state index contributed by atoms with van der Waals surface area (Å²) in [4.78, 5) is 0. The molecule has 11 rings (SSSR count). The predicted molar refractivity (Wildman–Crippen MR) is 440 cm³/mol. The van der Waals surface area contributed by atoms with E-state index >= 15 is 0 Å². The van der Waals surface area contributed by atoms with Gasteiger partial charge < -0.3 is 0 Å². The molecule has 0 unspecified atom stereocenters. The summed E-state index contributed by atoms with van der Waals surface area (Å²) in [6.45, 7) is 58.1. The average Bonchev–Trinajstić information content (AvgIpc) is 4.38. The lowest BCUT2D eigenvalue weighted by atomic mass is 10.1. The summed E-state index contributed by atoms with van der Waals surface area (Å²) >= 11 is 0. The first-order valence-corrected chi connectivity index (χ1v) is 35.3. The van der Waals surface area contributed by atoms with Crippen molar-refractivity contribution in [2.75, 3.05) is 0 Å². The molecule has 0 saturated heterocycles. The van der Waals surface area contributed by atoms with E-state index < -0.39 is 0 Å². The number of aryl methyl sites for hydroxylation is 1. The Morgan fingerprint density at radius 3 is 0.703 bits per heavy atom. The Bertz CT molecular complexity index is 2310. The van der Waals surface area contributed by atoms with Gasteiger partial charge >= 0.3 is 0 Å². The molecule has 8 aromatic carbocycles. The van der Waals surface area contributed by atoms with Gasteiger partial charge in [-0.25, -0.2) is 0 Å². The van der Waals surface area contributed by atoms with E-state index in [1.54, 1.807) is 0 Å². The number of fused-ring (bicyclic) bond motifs is 2. The van der Waals surface area contributed by atoms with Gasteiger partial charge in [-0.1, -0.05) is 499 Å². The van der Waals surface area contributed by atoms with Gasteiger partial charge in [-0.2, -0.15) is 0 Å². The molecule has 3 aliphatic carbocycles.